The lowest BCUT2D eigenvalue weighted by Gasteiger charge is -2.15. The molecule has 2 heterocycles. The van der Waals surface area contributed by atoms with Crippen LogP contribution in [0.1, 0.15) is 50.3 Å². The van der Waals surface area contributed by atoms with Crippen LogP contribution in [0.25, 0.3) is 0 Å². The van der Waals surface area contributed by atoms with Gasteiger partial charge in [0.25, 0.3) is 0 Å². The molecule has 2 rings (SSSR count). The lowest BCUT2D eigenvalue weighted by molar-refractivity contribution is 0.687. The number of anilines is 1. The summed E-state index contributed by atoms with van der Waals surface area (Å²) in [5.41, 5.74) is 1.40. The summed E-state index contributed by atoms with van der Waals surface area (Å²) >= 11 is 1.75. The average molecular weight is 290 g/mol. The number of hydrogen-bond acceptors (Lipinski definition) is 5. The van der Waals surface area contributed by atoms with Gasteiger partial charge in [-0.15, -0.1) is 0 Å². The number of aryl methyl sites for hydroxylation is 2. The summed E-state index contributed by atoms with van der Waals surface area (Å²) in [5, 5.41) is 7.71. The third-order valence-corrected chi connectivity index (χ3v) is 3.83. The van der Waals surface area contributed by atoms with Gasteiger partial charge in [-0.05, 0) is 49.1 Å². The molecule has 0 radical (unpaired) electrons. The van der Waals surface area contributed by atoms with E-state index in [4.69, 9.17) is 0 Å². The molecular weight excluding hydrogens is 268 g/mol. The smallest absolute Gasteiger partial charge is 0.226 e. The van der Waals surface area contributed by atoms with Crippen molar-refractivity contribution in [2.45, 2.75) is 52.5 Å². The van der Waals surface area contributed by atoms with E-state index in [1.165, 1.54) is 5.56 Å². The SMILES string of the molecule is Cc1nc(NC(C)CCc2ccsc2)nc(C(C)C)n1. The van der Waals surface area contributed by atoms with Crippen molar-refractivity contribution >= 4 is 17.3 Å². The topological polar surface area (TPSA) is 50.7 Å². The highest BCUT2D eigenvalue weighted by Gasteiger charge is 2.10. The Labute approximate surface area is 124 Å². The van der Waals surface area contributed by atoms with Gasteiger partial charge >= 0.3 is 0 Å². The highest BCUT2D eigenvalue weighted by molar-refractivity contribution is 7.07. The minimum Gasteiger partial charge on any atom is -0.352 e. The van der Waals surface area contributed by atoms with Gasteiger partial charge in [-0.2, -0.15) is 21.3 Å². The van der Waals surface area contributed by atoms with Crippen LogP contribution in [0.15, 0.2) is 16.8 Å². The monoisotopic (exact) mass is 290 g/mol. The number of thiophene rings is 1. The largest absolute Gasteiger partial charge is 0.352 e. The molecular formula is C15H22N4S. The number of hydrogen-bond donors (Lipinski definition) is 1. The summed E-state index contributed by atoms with van der Waals surface area (Å²) in [7, 11) is 0. The van der Waals surface area contributed by atoms with Crippen molar-refractivity contribution in [2.24, 2.45) is 0 Å². The van der Waals surface area contributed by atoms with Gasteiger partial charge in [-0.25, -0.2) is 4.98 Å². The van der Waals surface area contributed by atoms with E-state index in [0.29, 0.717) is 17.9 Å². The zero-order chi connectivity index (χ0) is 14.5. The van der Waals surface area contributed by atoms with E-state index in [-0.39, 0.29) is 0 Å². The van der Waals surface area contributed by atoms with E-state index < -0.39 is 0 Å². The van der Waals surface area contributed by atoms with Crippen molar-refractivity contribution in [3.63, 3.8) is 0 Å². The molecule has 20 heavy (non-hydrogen) atoms. The Hall–Kier alpha value is -1.49. The van der Waals surface area contributed by atoms with Crippen molar-refractivity contribution in [1.82, 2.24) is 15.0 Å². The van der Waals surface area contributed by atoms with Crippen LogP contribution in [0, 0.1) is 6.92 Å². The van der Waals surface area contributed by atoms with Gasteiger partial charge in [-0.3, -0.25) is 0 Å². The predicted octanol–water partition coefficient (Wildman–Crippen LogP) is 3.80. The highest BCUT2D eigenvalue weighted by Crippen LogP contribution is 2.14. The second-order valence-electron chi connectivity index (χ2n) is 5.43. The van der Waals surface area contributed by atoms with Gasteiger partial charge in [0.15, 0.2) is 0 Å². The molecule has 0 amide bonds. The number of rotatable bonds is 6. The molecule has 108 valence electrons. The van der Waals surface area contributed by atoms with Crippen LogP contribution in [-0.2, 0) is 6.42 Å². The Bertz CT molecular complexity index is 537. The molecule has 0 aliphatic heterocycles. The van der Waals surface area contributed by atoms with E-state index in [9.17, 15) is 0 Å². The fourth-order valence-corrected chi connectivity index (χ4v) is 2.64. The fraction of sp³-hybridized carbons (Fsp3) is 0.533. The van der Waals surface area contributed by atoms with E-state index in [0.717, 1.165) is 24.5 Å². The summed E-state index contributed by atoms with van der Waals surface area (Å²) in [6, 6.07) is 2.53. The maximum absolute atomic E-state index is 4.49. The number of aromatic nitrogens is 3. The lowest BCUT2D eigenvalue weighted by Crippen LogP contribution is -2.19. The Balaban J connectivity index is 1.95. The first kappa shape index (κ1) is 14.9. The first-order valence-electron chi connectivity index (χ1n) is 7.04. The molecule has 1 atom stereocenters. The Kier molecular flexibility index (Phi) is 5.06. The number of nitrogens with zero attached hydrogens (tertiary/aromatic N) is 3. The average Bonchev–Trinajstić information content (AvgIpc) is 2.88. The van der Waals surface area contributed by atoms with Crippen LogP contribution < -0.4 is 5.32 Å². The van der Waals surface area contributed by atoms with E-state index in [1.54, 1.807) is 11.3 Å². The maximum atomic E-state index is 4.49. The zero-order valence-corrected chi connectivity index (χ0v) is 13.4. The molecule has 1 N–H and O–H groups in total. The zero-order valence-electron chi connectivity index (χ0n) is 12.6. The molecule has 0 aliphatic rings. The predicted molar refractivity (Wildman–Crippen MR) is 84.4 cm³/mol. The second kappa shape index (κ2) is 6.79. The first-order valence-corrected chi connectivity index (χ1v) is 7.99. The van der Waals surface area contributed by atoms with E-state index in [2.05, 4.69) is 57.9 Å². The van der Waals surface area contributed by atoms with Crippen LogP contribution in [0.2, 0.25) is 0 Å². The summed E-state index contributed by atoms with van der Waals surface area (Å²) < 4.78 is 0. The first-order chi connectivity index (χ1) is 9.54. The van der Waals surface area contributed by atoms with Gasteiger partial charge in [-0.1, -0.05) is 13.8 Å². The van der Waals surface area contributed by atoms with Gasteiger partial charge in [0.2, 0.25) is 5.95 Å². The third kappa shape index (κ3) is 4.27. The normalized spacial score (nSPS) is 12.7. The van der Waals surface area contributed by atoms with Crippen LogP contribution >= 0.6 is 11.3 Å². The molecule has 0 aliphatic carbocycles. The van der Waals surface area contributed by atoms with Gasteiger partial charge in [0.05, 0.1) is 0 Å². The van der Waals surface area contributed by atoms with Crippen molar-refractivity contribution in [3.05, 3.63) is 34.0 Å². The molecule has 0 saturated heterocycles. The third-order valence-electron chi connectivity index (χ3n) is 3.10. The second-order valence-corrected chi connectivity index (χ2v) is 6.21. The summed E-state index contributed by atoms with van der Waals surface area (Å²) in [6.45, 7) is 8.27. The molecule has 0 fully saturated rings. The van der Waals surface area contributed by atoms with Crippen LogP contribution in [-0.4, -0.2) is 21.0 Å². The van der Waals surface area contributed by atoms with E-state index in [1.807, 2.05) is 6.92 Å². The van der Waals surface area contributed by atoms with Crippen molar-refractivity contribution in [1.29, 1.82) is 0 Å². The van der Waals surface area contributed by atoms with Crippen LogP contribution in [0.5, 0.6) is 0 Å². The van der Waals surface area contributed by atoms with Gasteiger partial charge in [0, 0.05) is 12.0 Å². The summed E-state index contributed by atoms with van der Waals surface area (Å²) in [4.78, 5) is 13.2. The van der Waals surface area contributed by atoms with Gasteiger partial charge < -0.3 is 5.32 Å². The summed E-state index contributed by atoms with van der Waals surface area (Å²) in [6.07, 6.45) is 2.15. The van der Waals surface area contributed by atoms with Crippen molar-refractivity contribution in [2.75, 3.05) is 5.32 Å². The van der Waals surface area contributed by atoms with Crippen molar-refractivity contribution < 1.29 is 0 Å². The van der Waals surface area contributed by atoms with Crippen molar-refractivity contribution in [3.8, 4) is 0 Å². The quantitative estimate of drug-likeness (QED) is 0.879. The molecule has 0 saturated carbocycles. The maximum Gasteiger partial charge on any atom is 0.226 e. The minimum absolute atomic E-state index is 0.318. The van der Waals surface area contributed by atoms with Crippen LogP contribution in [0.3, 0.4) is 0 Å². The molecule has 2 aromatic heterocycles. The molecule has 0 aromatic carbocycles. The van der Waals surface area contributed by atoms with Gasteiger partial charge in [0.1, 0.15) is 11.6 Å². The molecule has 1 unspecified atom stereocenters. The Morgan fingerprint density at radius 3 is 2.65 bits per heavy atom. The number of nitrogens with one attached hydrogen (secondary N) is 1. The molecule has 5 heteroatoms. The Morgan fingerprint density at radius 2 is 2.00 bits per heavy atom. The highest BCUT2D eigenvalue weighted by atomic mass is 32.1. The summed E-state index contributed by atoms with van der Waals surface area (Å²) in [5.74, 6) is 2.64. The lowest BCUT2D eigenvalue weighted by atomic mass is 10.1. The fourth-order valence-electron chi connectivity index (χ4n) is 1.94. The minimum atomic E-state index is 0.318. The van der Waals surface area contributed by atoms with Crippen LogP contribution in [0.4, 0.5) is 5.95 Å². The Morgan fingerprint density at radius 1 is 1.20 bits per heavy atom. The van der Waals surface area contributed by atoms with E-state index >= 15 is 0 Å². The molecule has 0 bridgehead atoms. The standard InChI is InChI=1S/C15H22N4S/c1-10(2)14-17-12(4)18-15(19-14)16-11(3)5-6-13-7-8-20-9-13/h7-11H,5-6H2,1-4H3,(H,16,17,18,19). The molecule has 4 nitrogen and oxygen atoms in total. The molecule has 2 aromatic rings. The molecule has 0 spiro atoms.